The SMILES string of the molecule is CC(C)C[C@H](NC(=O)[C@H](C)N)C(=O)N[C@@H](CS)C(=O)N[C@@H](CC(N)=O)C(=O)N[C@@H](CCC(N)=O)C(=O)N[C@@H](Cc1ccccc1)C(=O)N[C@@H](Cc1ccc(O)cc1)C(=O)N[C@H](C(=O)N1CCC[C@H]1C(=O)O)[C@@H](C)O. The molecule has 1 fully saturated rings. The van der Waals surface area contributed by atoms with Crippen LogP contribution in [0.2, 0.25) is 0 Å². The van der Waals surface area contributed by atoms with Crippen LogP contribution in [0.25, 0.3) is 0 Å². The Hall–Kier alpha value is -7.32. The molecule has 10 atom stereocenters. The van der Waals surface area contributed by atoms with Crippen LogP contribution in [0.15, 0.2) is 54.6 Å². The van der Waals surface area contributed by atoms with E-state index in [2.05, 4.69) is 49.8 Å². The minimum atomic E-state index is -1.80. The highest BCUT2D eigenvalue weighted by Gasteiger charge is 2.41. The molecule has 0 aromatic heterocycles. The number of aliphatic hydroxyl groups is 1. The molecule has 25 nitrogen and oxygen atoms in total. The number of benzene rings is 2. The summed E-state index contributed by atoms with van der Waals surface area (Å²) in [5, 5.41) is 47.6. The maximum atomic E-state index is 14.5. The van der Waals surface area contributed by atoms with E-state index in [9.17, 15) is 68.1 Å². The van der Waals surface area contributed by atoms with Crippen LogP contribution in [0.5, 0.6) is 5.75 Å². The zero-order valence-corrected chi connectivity index (χ0v) is 42.5. The number of rotatable bonds is 29. The third-order valence-electron chi connectivity index (χ3n) is 11.7. The van der Waals surface area contributed by atoms with Crippen LogP contribution < -0.4 is 54.4 Å². The van der Waals surface area contributed by atoms with Gasteiger partial charge < -0.3 is 74.6 Å². The first kappa shape index (κ1) is 61.0. The number of nitrogens with one attached hydrogen (secondary N) is 7. The molecular formula is C48H69N11O14S. The number of amides is 10. The molecule has 1 aliphatic heterocycles. The van der Waals surface area contributed by atoms with Gasteiger partial charge in [-0.1, -0.05) is 56.3 Å². The number of hydrogen-bond acceptors (Lipinski definition) is 15. The molecule has 0 spiro atoms. The fourth-order valence-corrected chi connectivity index (χ4v) is 8.03. The van der Waals surface area contributed by atoms with Crippen molar-refractivity contribution in [3.05, 3.63) is 65.7 Å². The van der Waals surface area contributed by atoms with E-state index < -0.39 is 145 Å². The lowest BCUT2D eigenvalue weighted by Gasteiger charge is -2.30. The third-order valence-corrected chi connectivity index (χ3v) is 12.1. The van der Waals surface area contributed by atoms with Crippen LogP contribution >= 0.6 is 12.6 Å². The van der Waals surface area contributed by atoms with E-state index in [4.69, 9.17) is 17.2 Å². The van der Waals surface area contributed by atoms with E-state index in [1.807, 2.05) is 0 Å². The Kier molecular flexibility index (Phi) is 24.2. The minimum absolute atomic E-state index is 0.0404. The first-order valence-electron chi connectivity index (χ1n) is 23.9. The minimum Gasteiger partial charge on any atom is -0.508 e. The molecule has 0 saturated carbocycles. The summed E-state index contributed by atoms with van der Waals surface area (Å²) in [6.45, 7) is 6.25. The Balaban J connectivity index is 1.95. The summed E-state index contributed by atoms with van der Waals surface area (Å²) in [7, 11) is 0. The van der Waals surface area contributed by atoms with Gasteiger partial charge in [0.25, 0.3) is 0 Å². The summed E-state index contributed by atoms with van der Waals surface area (Å²) in [6.07, 6.45) is -3.24. The largest absolute Gasteiger partial charge is 0.508 e. The lowest BCUT2D eigenvalue weighted by molar-refractivity contribution is -0.150. The average Bonchev–Trinajstić information content (AvgIpc) is 3.84. The number of carbonyl (C=O) groups excluding carboxylic acids is 10. The van der Waals surface area contributed by atoms with Crippen molar-refractivity contribution in [2.45, 2.75) is 140 Å². The topological polar surface area (TPSA) is 414 Å². The normalized spacial score (nSPS) is 16.8. The van der Waals surface area contributed by atoms with Gasteiger partial charge in [0.15, 0.2) is 0 Å². The Morgan fingerprint density at radius 1 is 0.635 bits per heavy atom. The van der Waals surface area contributed by atoms with Crippen molar-refractivity contribution >= 4 is 77.7 Å². The van der Waals surface area contributed by atoms with Gasteiger partial charge in [-0.2, -0.15) is 12.6 Å². The van der Waals surface area contributed by atoms with Gasteiger partial charge in [-0.25, -0.2) is 4.79 Å². The number of carboxylic acids is 1. The number of aliphatic hydroxyl groups excluding tert-OH is 1. The van der Waals surface area contributed by atoms with E-state index in [-0.39, 0.29) is 49.6 Å². The Labute approximate surface area is 433 Å². The Morgan fingerprint density at radius 2 is 1.11 bits per heavy atom. The monoisotopic (exact) mass is 1060 g/mol. The molecule has 2 aromatic rings. The number of phenolic OH excluding ortho intramolecular Hbond substituents is 1. The number of nitrogens with two attached hydrogens (primary N) is 3. The molecule has 406 valence electrons. The van der Waals surface area contributed by atoms with Crippen molar-refractivity contribution in [1.29, 1.82) is 0 Å². The maximum Gasteiger partial charge on any atom is 0.326 e. The second kappa shape index (κ2) is 29.4. The number of primary amides is 2. The van der Waals surface area contributed by atoms with Crippen molar-refractivity contribution in [1.82, 2.24) is 42.1 Å². The van der Waals surface area contributed by atoms with Crippen molar-refractivity contribution in [3.63, 3.8) is 0 Å². The fraction of sp³-hybridized carbons (Fsp3) is 0.521. The molecule has 3 rings (SSSR count). The first-order chi connectivity index (χ1) is 34.8. The van der Waals surface area contributed by atoms with E-state index in [1.54, 1.807) is 44.2 Å². The number of thiol groups is 1. The standard InChI is InChI=1S/C48H69N11O14S/c1-24(2)19-31(53-40(64)25(3)49)42(66)57-35(23-74)46(70)56-34(22-38(51)63)44(68)52-30(16-17-37(50)62)41(65)54-32(20-27-9-6-5-7-10-27)43(67)55-33(21-28-12-14-29(61)15-13-28)45(69)58-39(26(4)60)47(71)59-18-8-11-36(59)48(72)73/h5-7,9-10,12-15,24-26,30-36,39,60-61,74H,8,11,16-23,49H2,1-4H3,(H2,50,62)(H2,51,63)(H,52,68)(H,53,64)(H,54,65)(H,55,67)(H,56,70)(H,57,66)(H,58,69)(H,72,73)/t25-,26+,30-,31-,32-,33-,34-,35-,36-,39-/m0/s1. The second-order valence-corrected chi connectivity index (χ2v) is 18.8. The van der Waals surface area contributed by atoms with Crippen molar-refractivity contribution in [2.75, 3.05) is 12.3 Å². The molecule has 0 radical (unpaired) electrons. The zero-order chi connectivity index (χ0) is 55.4. The Bertz CT molecular complexity index is 2320. The van der Waals surface area contributed by atoms with E-state index in [1.165, 1.54) is 38.1 Å². The number of carboxylic acid groups (broad SMARTS) is 1. The van der Waals surface area contributed by atoms with Crippen LogP contribution in [0.4, 0.5) is 0 Å². The number of hydrogen-bond donors (Lipinski definition) is 14. The van der Waals surface area contributed by atoms with Crippen LogP contribution in [-0.4, -0.2) is 158 Å². The number of aliphatic carboxylic acids is 1. The van der Waals surface area contributed by atoms with Gasteiger partial charge in [0.1, 0.15) is 54.1 Å². The maximum absolute atomic E-state index is 14.5. The summed E-state index contributed by atoms with van der Waals surface area (Å²) in [6, 6.07) is 0.735. The predicted octanol–water partition coefficient (Wildman–Crippen LogP) is -3.51. The molecule has 0 aliphatic carbocycles. The lowest BCUT2D eigenvalue weighted by atomic mass is 10.0. The highest BCUT2D eigenvalue weighted by Crippen LogP contribution is 2.20. The zero-order valence-electron chi connectivity index (χ0n) is 41.6. The van der Waals surface area contributed by atoms with Gasteiger partial charge >= 0.3 is 5.97 Å². The van der Waals surface area contributed by atoms with E-state index in [0.29, 0.717) is 17.5 Å². The summed E-state index contributed by atoms with van der Waals surface area (Å²) in [4.78, 5) is 147. The van der Waals surface area contributed by atoms with Gasteiger partial charge in [0.05, 0.1) is 18.6 Å². The summed E-state index contributed by atoms with van der Waals surface area (Å²) >= 11 is 4.16. The van der Waals surface area contributed by atoms with E-state index >= 15 is 0 Å². The molecule has 0 unspecified atom stereocenters. The van der Waals surface area contributed by atoms with Crippen LogP contribution in [0.1, 0.15) is 77.3 Å². The molecule has 26 heteroatoms. The van der Waals surface area contributed by atoms with Crippen molar-refractivity contribution < 1.29 is 68.1 Å². The molecule has 16 N–H and O–H groups in total. The molecule has 2 aromatic carbocycles. The van der Waals surface area contributed by atoms with Gasteiger partial charge in [0, 0.05) is 31.6 Å². The van der Waals surface area contributed by atoms with Crippen LogP contribution in [0, 0.1) is 5.92 Å². The molecule has 0 bridgehead atoms. The van der Waals surface area contributed by atoms with Crippen LogP contribution in [0.3, 0.4) is 0 Å². The molecule has 1 aliphatic rings. The first-order valence-corrected chi connectivity index (χ1v) is 24.5. The van der Waals surface area contributed by atoms with Crippen molar-refractivity contribution in [3.8, 4) is 5.75 Å². The third kappa shape index (κ3) is 19.6. The smallest absolute Gasteiger partial charge is 0.326 e. The lowest BCUT2D eigenvalue weighted by Crippen LogP contribution is -2.62. The van der Waals surface area contributed by atoms with Gasteiger partial charge in [0.2, 0.25) is 59.1 Å². The van der Waals surface area contributed by atoms with Crippen LogP contribution in [-0.2, 0) is 65.6 Å². The molecule has 74 heavy (non-hydrogen) atoms. The molecule has 10 amide bonds. The van der Waals surface area contributed by atoms with Crippen molar-refractivity contribution in [2.24, 2.45) is 23.1 Å². The number of carbonyl (C=O) groups is 11. The summed E-state index contributed by atoms with van der Waals surface area (Å²) in [5.41, 5.74) is 17.4. The summed E-state index contributed by atoms with van der Waals surface area (Å²) in [5.74, 6) is -11.4. The van der Waals surface area contributed by atoms with E-state index in [0.717, 1.165) is 4.90 Å². The fourth-order valence-electron chi connectivity index (χ4n) is 7.77. The molecule has 1 saturated heterocycles. The Morgan fingerprint density at radius 3 is 1.62 bits per heavy atom. The average molecular weight is 1060 g/mol. The highest BCUT2D eigenvalue weighted by molar-refractivity contribution is 7.80. The van der Waals surface area contributed by atoms with Gasteiger partial charge in [-0.15, -0.1) is 0 Å². The molecule has 1 heterocycles. The van der Waals surface area contributed by atoms with Gasteiger partial charge in [-0.3, -0.25) is 47.9 Å². The number of aromatic hydroxyl groups is 1. The predicted molar refractivity (Wildman–Crippen MR) is 269 cm³/mol. The molecular weight excluding hydrogens is 987 g/mol. The second-order valence-electron chi connectivity index (χ2n) is 18.5. The number of phenols is 1. The highest BCUT2D eigenvalue weighted by atomic mass is 32.1. The van der Waals surface area contributed by atoms with Gasteiger partial charge in [-0.05, 0) is 68.7 Å². The quantitative estimate of drug-likeness (QED) is 0.0352. The summed E-state index contributed by atoms with van der Waals surface area (Å²) < 4.78 is 0. The number of nitrogens with zero attached hydrogens (tertiary/aromatic N) is 1. The number of likely N-dealkylation sites (tertiary alicyclic amines) is 1.